The second-order valence-electron chi connectivity index (χ2n) is 2.94. The molecule has 0 amide bonds. The number of nitrogens with zero attached hydrogens (tertiary/aromatic N) is 2. The van der Waals surface area contributed by atoms with Gasteiger partial charge in [0.2, 0.25) is 5.56 Å². The summed E-state index contributed by atoms with van der Waals surface area (Å²) in [6.07, 6.45) is 0. The molecule has 1 rings (SSSR count). The van der Waals surface area contributed by atoms with E-state index in [9.17, 15) is 25.0 Å². The van der Waals surface area contributed by atoms with Crippen molar-refractivity contribution in [1.29, 1.82) is 0 Å². The molecule has 8 nitrogen and oxygen atoms in total. The summed E-state index contributed by atoms with van der Waals surface area (Å²) in [7, 11) is 0. The Hall–Kier alpha value is -2.51. The van der Waals surface area contributed by atoms with E-state index in [0.717, 1.165) is 12.1 Å². The van der Waals surface area contributed by atoms with Crippen molar-refractivity contribution in [3.63, 3.8) is 0 Å². The van der Waals surface area contributed by atoms with Gasteiger partial charge in [-0.05, 0) is 13.0 Å². The van der Waals surface area contributed by atoms with Crippen LogP contribution < -0.4 is 0 Å². The van der Waals surface area contributed by atoms with Crippen molar-refractivity contribution < 1.29 is 19.7 Å². The highest BCUT2D eigenvalue weighted by Gasteiger charge is 2.32. The average Bonchev–Trinajstić information content (AvgIpc) is 2.15. The Morgan fingerprint density at radius 3 is 2.19 bits per heavy atom. The van der Waals surface area contributed by atoms with Crippen LogP contribution in [0, 0.1) is 27.2 Å². The van der Waals surface area contributed by atoms with Gasteiger partial charge in [-0.2, -0.15) is 0 Å². The Bertz CT molecular complexity index is 496. The van der Waals surface area contributed by atoms with E-state index in [1.165, 1.54) is 6.92 Å². The molecule has 0 aliphatic rings. The van der Waals surface area contributed by atoms with Crippen molar-refractivity contribution in [2.24, 2.45) is 0 Å². The van der Waals surface area contributed by atoms with Crippen molar-refractivity contribution in [1.82, 2.24) is 0 Å². The minimum Gasteiger partial charge on any atom is -0.477 e. The first kappa shape index (κ1) is 11.6. The van der Waals surface area contributed by atoms with Gasteiger partial charge in [0.1, 0.15) is 0 Å². The number of hydrogen-bond donors (Lipinski definition) is 1. The summed E-state index contributed by atoms with van der Waals surface area (Å²) in [5.74, 6) is -1.69. The predicted octanol–water partition coefficient (Wildman–Crippen LogP) is 1.51. The molecule has 0 saturated heterocycles. The molecule has 0 unspecified atom stereocenters. The van der Waals surface area contributed by atoms with Gasteiger partial charge in [0, 0.05) is 11.6 Å². The highest BCUT2D eigenvalue weighted by molar-refractivity contribution is 5.97. The largest absolute Gasteiger partial charge is 0.477 e. The Kier molecular flexibility index (Phi) is 2.84. The molecule has 8 heteroatoms. The minimum atomic E-state index is -1.69. The summed E-state index contributed by atoms with van der Waals surface area (Å²) in [5, 5.41) is 29.9. The standard InChI is InChI=1S/C8H6N2O6/c1-4-2-3-5(9(13)14)6(8(11)12)7(4)10(15)16/h2-3H,1H3,(H,11,12). The lowest BCUT2D eigenvalue weighted by Crippen LogP contribution is -2.08. The molecule has 1 aromatic rings. The predicted molar refractivity (Wildman–Crippen MR) is 51.4 cm³/mol. The molecule has 84 valence electrons. The van der Waals surface area contributed by atoms with Gasteiger partial charge < -0.3 is 5.11 Å². The second-order valence-corrected chi connectivity index (χ2v) is 2.94. The van der Waals surface area contributed by atoms with Crippen LogP contribution in [0.3, 0.4) is 0 Å². The molecule has 0 aliphatic heterocycles. The molecule has 0 bridgehead atoms. The third-order valence-corrected chi connectivity index (χ3v) is 1.95. The SMILES string of the molecule is Cc1ccc([N+](=O)[O-])c(C(=O)O)c1[N+](=O)[O-]. The number of carbonyl (C=O) groups is 1. The van der Waals surface area contributed by atoms with Gasteiger partial charge in [0.25, 0.3) is 11.4 Å². The maximum absolute atomic E-state index is 10.8. The van der Waals surface area contributed by atoms with E-state index in [-0.39, 0.29) is 5.56 Å². The van der Waals surface area contributed by atoms with E-state index in [4.69, 9.17) is 5.11 Å². The second kappa shape index (κ2) is 3.93. The van der Waals surface area contributed by atoms with Gasteiger partial charge in [-0.15, -0.1) is 0 Å². The van der Waals surface area contributed by atoms with Crippen LogP contribution in [0.5, 0.6) is 0 Å². The van der Waals surface area contributed by atoms with Crippen LogP contribution in [0.2, 0.25) is 0 Å². The van der Waals surface area contributed by atoms with Crippen LogP contribution in [0.1, 0.15) is 15.9 Å². The Balaban J connectivity index is 3.70. The number of rotatable bonds is 3. The third kappa shape index (κ3) is 1.80. The van der Waals surface area contributed by atoms with E-state index in [2.05, 4.69) is 0 Å². The van der Waals surface area contributed by atoms with E-state index in [1.54, 1.807) is 0 Å². The van der Waals surface area contributed by atoms with Gasteiger partial charge in [-0.1, -0.05) is 0 Å². The number of benzene rings is 1. The molecular weight excluding hydrogens is 220 g/mol. The van der Waals surface area contributed by atoms with Crippen LogP contribution in [-0.2, 0) is 0 Å². The lowest BCUT2D eigenvalue weighted by Gasteiger charge is -2.02. The van der Waals surface area contributed by atoms with Gasteiger partial charge in [-0.3, -0.25) is 20.2 Å². The summed E-state index contributed by atoms with van der Waals surface area (Å²) < 4.78 is 0. The summed E-state index contributed by atoms with van der Waals surface area (Å²) >= 11 is 0. The van der Waals surface area contributed by atoms with Crippen molar-refractivity contribution in [2.75, 3.05) is 0 Å². The topological polar surface area (TPSA) is 124 Å². The fourth-order valence-electron chi connectivity index (χ4n) is 1.28. The van der Waals surface area contributed by atoms with E-state index < -0.39 is 32.8 Å². The Morgan fingerprint density at radius 2 is 1.81 bits per heavy atom. The number of aryl methyl sites for hydroxylation is 1. The quantitative estimate of drug-likeness (QED) is 0.615. The van der Waals surface area contributed by atoms with Crippen LogP contribution >= 0.6 is 0 Å². The van der Waals surface area contributed by atoms with Gasteiger partial charge >= 0.3 is 5.97 Å². The zero-order valence-corrected chi connectivity index (χ0v) is 8.04. The first-order chi connectivity index (χ1) is 7.36. The van der Waals surface area contributed by atoms with Crippen molar-refractivity contribution in [2.45, 2.75) is 6.92 Å². The fraction of sp³-hybridized carbons (Fsp3) is 0.125. The third-order valence-electron chi connectivity index (χ3n) is 1.95. The molecular formula is C8H6N2O6. The van der Waals surface area contributed by atoms with Gasteiger partial charge in [0.05, 0.1) is 9.85 Å². The zero-order valence-electron chi connectivity index (χ0n) is 8.04. The number of hydrogen-bond acceptors (Lipinski definition) is 5. The van der Waals surface area contributed by atoms with E-state index in [1.807, 2.05) is 0 Å². The molecule has 0 heterocycles. The highest BCUT2D eigenvalue weighted by atomic mass is 16.6. The number of aromatic carboxylic acids is 1. The van der Waals surface area contributed by atoms with Crippen LogP contribution in [0.15, 0.2) is 12.1 Å². The first-order valence-corrected chi connectivity index (χ1v) is 4.02. The van der Waals surface area contributed by atoms with Crippen LogP contribution in [-0.4, -0.2) is 20.9 Å². The molecule has 0 aliphatic carbocycles. The molecule has 0 saturated carbocycles. The molecule has 1 aromatic carbocycles. The minimum absolute atomic E-state index is 0.0630. The van der Waals surface area contributed by atoms with Gasteiger partial charge in [-0.25, -0.2) is 4.79 Å². The smallest absolute Gasteiger partial charge is 0.349 e. The van der Waals surface area contributed by atoms with Crippen molar-refractivity contribution in [3.8, 4) is 0 Å². The van der Waals surface area contributed by atoms with Gasteiger partial charge in [0.15, 0.2) is 0 Å². The molecule has 16 heavy (non-hydrogen) atoms. The number of carboxylic acids is 1. The number of nitro benzene ring substituents is 2. The molecule has 1 N–H and O–H groups in total. The maximum Gasteiger partial charge on any atom is 0.349 e. The van der Waals surface area contributed by atoms with Crippen molar-refractivity contribution >= 4 is 17.3 Å². The lowest BCUT2D eigenvalue weighted by molar-refractivity contribution is -0.395. The molecule has 0 atom stereocenters. The number of carboxylic acid groups (broad SMARTS) is 1. The first-order valence-electron chi connectivity index (χ1n) is 4.02. The van der Waals surface area contributed by atoms with Crippen LogP contribution in [0.25, 0.3) is 0 Å². The summed E-state index contributed by atoms with van der Waals surface area (Å²) in [4.78, 5) is 30.1. The lowest BCUT2D eigenvalue weighted by atomic mass is 10.1. The van der Waals surface area contributed by atoms with Crippen LogP contribution in [0.4, 0.5) is 11.4 Å². The van der Waals surface area contributed by atoms with E-state index in [0.29, 0.717) is 0 Å². The normalized spacial score (nSPS) is 9.81. The Labute approximate surface area is 88.4 Å². The number of nitro groups is 2. The van der Waals surface area contributed by atoms with E-state index >= 15 is 0 Å². The summed E-state index contributed by atoms with van der Waals surface area (Å²) in [6.45, 7) is 1.31. The fourth-order valence-corrected chi connectivity index (χ4v) is 1.28. The zero-order chi connectivity index (χ0) is 12.5. The Morgan fingerprint density at radius 1 is 1.25 bits per heavy atom. The average molecular weight is 226 g/mol. The monoisotopic (exact) mass is 226 g/mol. The maximum atomic E-state index is 10.8. The summed E-state index contributed by atoms with van der Waals surface area (Å²) in [6, 6.07) is 2.08. The molecule has 0 fully saturated rings. The van der Waals surface area contributed by atoms with Crippen molar-refractivity contribution in [3.05, 3.63) is 43.5 Å². The highest BCUT2D eigenvalue weighted by Crippen LogP contribution is 2.31. The summed E-state index contributed by atoms with van der Waals surface area (Å²) in [5.41, 5.74) is -2.37. The molecule has 0 aromatic heterocycles. The molecule has 0 spiro atoms. The molecule has 0 radical (unpaired) electrons.